The van der Waals surface area contributed by atoms with Crippen LogP contribution in [0, 0.1) is 0 Å². The average Bonchev–Trinajstić information content (AvgIpc) is 2.50. The molecule has 0 unspecified atom stereocenters. The van der Waals surface area contributed by atoms with E-state index in [1.807, 2.05) is 0 Å². The van der Waals surface area contributed by atoms with E-state index >= 15 is 0 Å². The molecule has 0 atom stereocenters. The predicted octanol–water partition coefficient (Wildman–Crippen LogP) is 1.97. The van der Waals surface area contributed by atoms with E-state index in [4.69, 9.17) is 0 Å². The van der Waals surface area contributed by atoms with Crippen molar-refractivity contribution in [2.45, 2.75) is 38.6 Å². The van der Waals surface area contributed by atoms with Gasteiger partial charge in [-0.2, -0.15) is 0 Å². The van der Waals surface area contributed by atoms with E-state index < -0.39 is 0 Å². The van der Waals surface area contributed by atoms with Gasteiger partial charge in [0.25, 0.3) is 0 Å². The molecule has 0 radical (unpaired) electrons. The number of amides is 2. The fourth-order valence-corrected chi connectivity index (χ4v) is 3.25. The molecule has 2 amide bonds. The van der Waals surface area contributed by atoms with E-state index in [-0.39, 0.29) is 11.8 Å². The van der Waals surface area contributed by atoms with Crippen LogP contribution in [0.25, 0.3) is 0 Å². The Balaban J connectivity index is 1.48. The van der Waals surface area contributed by atoms with Crippen LogP contribution in [0.2, 0.25) is 0 Å². The molecule has 4 heteroatoms. The van der Waals surface area contributed by atoms with Crippen molar-refractivity contribution in [3.05, 3.63) is 35.4 Å². The largest absolute Gasteiger partial charge is 0.299 e. The monoisotopic (exact) mass is 286 g/mol. The second-order valence-corrected chi connectivity index (χ2v) is 5.94. The summed E-state index contributed by atoms with van der Waals surface area (Å²) in [4.78, 5) is 27.4. The van der Waals surface area contributed by atoms with E-state index in [1.165, 1.54) is 16.0 Å². The summed E-state index contributed by atoms with van der Waals surface area (Å²) in [5.74, 6) is 0.0190. The van der Waals surface area contributed by atoms with Gasteiger partial charge in [0.2, 0.25) is 11.8 Å². The summed E-state index contributed by atoms with van der Waals surface area (Å²) < 4.78 is 0. The molecule has 21 heavy (non-hydrogen) atoms. The second kappa shape index (κ2) is 6.39. The number of rotatable bonds is 4. The number of benzene rings is 1. The minimum absolute atomic E-state index is 0.00948. The summed E-state index contributed by atoms with van der Waals surface area (Å²) in [7, 11) is 0. The highest BCUT2D eigenvalue weighted by molar-refractivity contribution is 5.97. The number of hydrogen-bond acceptors (Lipinski definition) is 3. The first-order valence-corrected chi connectivity index (χ1v) is 7.86. The molecule has 0 aliphatic carbocycles. The van der Waals surface area contributed by atoms with E-state index in [1.54, 1.807) is 0 Å². The topological polar surface area (TPSA) is 40.6 Å². The van der Waals surface area contributed by atoms with Gasteiger partial charge < -0.3 is 0 Å². The number of piperidine rings is 1. The number of imide groups is 1. The minimum atomic E-state index is 0.00948. The van der Waals surface area contributed by atoms with Crippen molar-refractivity contribution in [2.75, 3.05) is 19.6 Å². The van der Waals surface area contributed by atoms with Crippen molar-refractivity contribution in [3.63, 3.8) is 0 Å². The Morgan fingerprint density at radius 1 is 0.905 bits per heavy atom. The maximum atomic E-state index is 11.7. The van der Waals surface area contributed by atoms with Gasteiger partial charge >= 0.3 is 0 Å². The van der Waals surface area contributed by atoms with Crippen LogP contribution < -0.4 is 0 Å². The normalized spacial score (nSPS) is 19.7. The van der Waals surface area contributed by atoms with Crippen LogP contribution in [0.3, 0.4) is 0 Å². The summed E-state index contributed by atoms with van der Waals surface area (Å²) in [6, 6.07) is 8.59. The summed E-state index contributed by atoms with van der Waals surface area (Å²) >= 11 is 0. The van der Waals surface area contributed by atoms with Crippen molar-refractivity contribution in [1.29, 1.82) is 0 Å². The molecule has 2 aliphatic heterocycles. The van der Waals surface area contributed by atoms with E-state index in [0.29, 0.717) is 19.4 Å². The molecule has 2 heterocycles. The van der Waals surface area contributed by atoms with Gasteiger partial charge in [-0.15, -0.1) is 0 Å². The maximum absolute atomic E-state index is 11.7. The lowest BCUT2D eigenvalue weighted by atomic mass is 10.00. The molecule has 0 bridgehead atoms. The molecule has 0 N–H and O–H groups in total. The second-order valence-electron chi connectivity index (χ2n) is 5.94. The van der Waals surface area contributed by atoms with Gasteiger partial charge in [0.1, 0.15) is 0 Å². The van der Waals surface area contributed by atoms with Crippen LogP contribution in [0.5, 0.6) is 0 Å². The van der Waals surface area contributed by atoms with Gasteiger partial charge in [-0.25, -0.2) is 0 Å². The Morgan fingerprint density at radius 2 is 1.62 bits per heavy atom. The molecule has 0 saturated carbocycles. The third kappa shape index (κ3) is 3.32. The molecule has 3 rings (SSSR count). The smallest absolute Gasteiger partial charge is 0.229 e. The number of likely N-dealkylation sites (tertiary alicyclic amines) is 1. The van der Waals surface area contributed by atoms with Crippen molar-refractivity contribution in [2.24, 2.45) is 0 Å². The Morgan fingerprint density at radius 3 is 2.38 bits per heavy atom. The predicted molar refractivity (Wildman–Crippen MR) is 80.6 cm³/mol. The lowest BCUT2D eigenvalue weighted by Gasteiger charge is -2.30. The van der Waals surface area contributed by atoms with Crippen LogP contribution in [-0.2, 0) is 22.6 Å². The van der Waals surface area contributed by atoms with Crippen LogP contribution >= 0.6 is 0 Å². The highest BCUT2D eigenvalue weighted by Gasteiger charge is 2.25. The first-order chi connectivity index (χ1) is 10.2. The van der Waals surface area contributed by atoms with Gasteiger partial charge in [-0.05, 0) is 30.4 Å². The molecule has 4 nitrogen and oxygen atoms in total. The third-order valence-corrected chi connectivity index (χ3v) is 4.45. The Hall–Kier alpha value is -1.68. The zero-order valence-corrected chi connectivity index (χ0v) is 12.4. The van der Waals surface area contributed by atoms with Crippen LogP contribution in [0.4, 0.5) is 0 Å². The Labute approximate surface area is 125 Å². The zero-order valence-electron chi connectivity index (χ0n) is 12.4. The van der Waals surface area contributed by atoms with E-state index in [9.17, 15) is 9.59 Å². The van der Waals surface area contributed by atoms with Crippen LogP contribution in [0.15, 0.2) is 24.3 Å². The Bertz CT molecular complexity index is 525. The lowest BCUT2D eigenvalue weighted by Crippen LogP contribution is -2.42. The lowest BCUT2D eigenvalue weighted by molar-refractivity contribution is -0.148. The zero-order chi connectivity index (χ0) is 14.7. The van der Waals surface area contributed by atoms with Gasteiger partial charge in [0.15, 0.2) is 0 Å². The molecule has 1 saturated heterocycles. The third-order valence-electron chi connectivity index (χ3n) is 4.45. The van der Waals surface area contributed by atoms with Gasteiger partial charge in [0.05, 0.1) is 0 Å². The summed E-state index contributed by atoms with van der Waals surface area (Å²) in [6.45, 7) is 3.58. The first kappa shape index (κ1) is 14.3. The summed E-state index contributed by atoms with van der Waals surface area (Å²) in [6.07, 6.45) is 3.75. The van der Waals surface area contributed by atoms with E-state index in [2.05, 4.69) is 29.2 Å². The highest BCUT2D eigenvalue weighted by atomic mass is 16.2. The maximum Gasteiger partial charge on any atom is 0.229 e. The standard InChI is InChI=1S/C17H22N2O2/c20-16-7-3-8-17(21)19(16)11-4-10-18-12-9-14-5-1-2-6-15(14)13-18/h1-2,5-6H,3-4,7-13H2. The molecule has 0 aromatic heterocycles. The van der Waals surface area contributed by atoms with E-state index in [0.717, 1.165) is 38.9 Å². The number of nitrogens with zero attached hydrogens (tertiary/aromatic N) is 2. The van der Waals surface area contributed by atoms with Crippen molar-refractivity contribution in [3.8, 4) is 0 Å². The molecular formula is C17H22N2O2. The highest BCUT2D eigenvalue weighted by Crippen LogP contribution is 2.19. The van der Waals surface area contributed by atoms with Crippen molar-refractivity contribution >= 4 is 11.8 Å². The Kier molecular flexibility index (Phi) is 4.34. The molecular weight excluding hydrogens is 264 g/mol. The van der Waals surface area contributed by atoms with Gasteiger partial charge in [-0.3, -0.25) is 19.4 Å². The number of hydrogen-bond donors (Lipinski definition) is 0. The number of carbonyl (C=O) groups excluding carboxylic acids is 2. The molecule has 0 spiro atoms. The van der Waals surface area contributed by atoms with Crippen molar-refractivity contribution in [1.82, 2.24) is 9.80 Å². The van der Waals surface area contributed by atoms with Crippen molar-refractivity contribution < 1.29 is 9.59 Å². The summed E-state index contributed by atoms with van der Waals surface area (Å²) in [5.41, 5.74) is 2.86. The average molecular weight is 286 g/mol. The van der Waals surface area contributed by atoms with Gasteiger partial charge in [0, 0.05) is 39.0 Å². The molecule has 1 aromatic rings. The molecule has 1 aromatic carbocycles. The molecule has 2 aliphatic rings. The quantitative estimate of drug-likeness (QED) is 0.795. The summed E-state index contributed by atoms with van der Waals surface area (Å²) in [5, 5.41) is 0. The van der Waals surface area contributed by atoms with Crippen LogP contribution in [0.1, 0.15) is 36.8 Å². The number of fused-ring (bicyclic) bond motifs is 1. The van der Waals surface area contributed by atoms with Crippen LogP contribution in [-0.4, -0.2) is 41.2 Å². The van der Waals surface area contributed by atoms with Gasteiger partial charge in [-0.1, -0.05) is 24.3 Å². The minimum Gasteiger partial charge on any atom is -0.299 e. The number of carbonyl (C=O) groups is 2. The molecule has 112 valence electrons. The fourth-order valence-electron chi connectivity index (χ4n) is 3.25. The molecule has 1 fully saturated rings. The SMILES string of the molecule is O=C1CCCC(=O)N1CCCN1CCc2ccccc2C1. The fraction of sp³-hybridized carbons (Fsp3) is 0.529. The first-order valence-electron chi connectivity index (χ1n) is 7.86.